The number of fused-ring (bicyclic) bond motifs is 3. The van der Waals surface area contributed by atoms with Crippen molar-refractivity contribution in [1.29, 1.82) is 0 Å². The van der Waals surface area contributed by atoms with E-state index in [0.29, 0.717) is 5.56 Å². The van der Waals surface area contributed by atoms with E-state index in [4.69, 9.17) is 0 Å². The summed E-state index contributed by atoms with van der Waals surface area (Å²) in [6.07, 6.45) is 0. The quantitative estimate of drug-likeness (QED) is 0.544. The van der Waals surface area contributed by atoms with Gasteiger partial charge in [0, 0.05) is 39.5 Å². The fraction of sp³-hybridized carbons (Fsp3) is 0.0909. The number of benzene rings is 3. The number of rotatable bonds is 4. The topological polar surface area (TPSA) is 59.3 Å². The van der Waals surface area contributed by atoms with Gasteiger partial charge in [-0.15, -0.1) is 0 Å². The smallest absolute Gasteiger partial charge is 0.336 e. The van der Waals surface area contributed by atoms with Gasteiger partial charge in [0.15, 0.2) is 5.78 Å². The first-order valence-electron chi connectivity index (χ1n) is 8.50. The van der Waals surface area contributed by atoms with Crippen LogP contribution in [0.4, 0.5) is 0 Å². The molecule has 4 heteroatoms. The van der Waals surface area contributed by atoms with E-state index in [2.05, 4.69) is 17.6 Å². The maximum atomic E-state index is 13.0. The Morgan fingerprint density at radius 1 is 0.846 bits per heavy atom. The van der Waals surface area contributed by atoms with Crippen LogP contribution in [0.1, 0.15) is 33.2 Å². The van der Waals surface area contributed by atoms with E-state index in [1.807, 2.05) is 30.3 Å². The van der Waals surface area contributed by atoms with Gasteiger partial charge >= 0.3 is 5.97 Å². The third kappa shape index (κ3) is 2.39. The van der Waals surface area contributed by atoms with Crippen LogP contribution in [0.2, 0.25) is 0 Å². The van der Waals surface area contributed by atoms with Gasteiger partial charge in [-0.25, -0.2) is 4.79 Å². The van der Waals surface area contributed by atoms with Crippen LogP contribution in [0.25, 0.3) is 21.8 Å². The van der Waals surface area contributed by atoms with Gasteiger partial charge in [-0.2, -0.15) is 0 Å². The summed E-state index contributed by atoms with van der Waals surface area (Å²) >= 11 is 0. The monoisotopic (exact) mass is 343 g/mol. The van der Waals surface area contributed by atoms with Crippen molar-refractivity contribution in [3.8, 4) is 0 Å². The van der Waals surface area contributed by atoms with Crippen LogP contribution < -0.4 is 0 Å². The van der Waals surface area contributed by atoms with Gasteiger partial charge in [-0.05, 0) is 37.3 Å². The molecule has 0 unspecified atom stereocenters. The maximum Gasteiger partial charge on any atom is 0.336 e. The van der Waals surface area contributed by atoms with E-state index in [-0.39, 0.29) is 16.9 Å². The molecule has 0 amide bonds. The molecule has 4 rings (SSSR count). The standard InChI is InChI=1S/C22H17NO3/c1-2-23-19-10-6-5-7-15(19)18-13-14(11-12-20(18)23)21(24)16-8-3-4-9-17(16)22(25)26/h3-13H,2H2,1H3,(H,25,26). The van der Waals surface area contributed by atoms with Crippen molar-refractivity contribution in [3.05, 3.63) is 83.4 Å². The number of nitrogens with zero attached hydrogens (tertiary/aromatic N) is 1. The third-order valence-corrected chi connectivity index (χ3v) is 4.75. The van der Waals surface area contributed by atoms with Gasteiger partial charge in [-0.3, -0.25) is 4.79 Å². The number of aryl methyl sites for hydroxylation is 1. The zero-order chi connectivity index (χ0) is 18.3. The van der Waals surface area contributed by atoms with Crippen LogP contribution in [-0.2, 0) is 6.54 Å². The molecule has 1 aromatic heterocycles. The highest BCUT2D eigenvalue weighted by Gasteiger charge is 2.19. The van der Waals surface area contributed by atoms with E-state index in [1.165, 1.54) is 6.07 Å². The summed E-state index contributed by atoms with van der Waals surface area (Å²) in [6, 6.07) is 20.0. The maximum absolute atomic E-state index is 13.0. The van der Waals surface area contributed by atoms with Gasteiger partial charge in [0.1, 0.15) is 0 Å². The molecule has 0 saturated heterocycles. The van der Waals surface area contributed by atoms with Gasteiger partial charge in [0.2, 0.25) is 0 Å². The molecule has 26 heavy (non-hydrogen) atoms. The van der Waals surface area contributed by atoms with Gasteiger partial charge in [-0.1, -0.05) is 36.4 Å². The highest BCUT2D eigenvalue weighted by molar-refractivity contribution is 6.17. The molecule has 4 nitrogen and oxygen atoms in total. The number of ketones is 1. The van der Waals surface area contributed by atoms with Crippen LogP contribution in [0, 0.1) is 0 Å². The van der Waals surface area contributed by atoms with E-state index in [0.717, 1.165) is 28.4 Å². The Morgan fingerprint density at radius 2 is 1.50 bits per heavy atom. The van der Waals surface area contributed by atoms with Gasteiger partial charge < -0.3 is 9.67 Å². The summed E-state index contributed by atoms with van der Waals surface area (Å²) in [6.45, 7) is 2.92. The Morgan fingerprint density at radius 3 is 2.23 bits per heavy atom. The number of hydrogen-bond acceptors (Lipinski definition) is 2. The Labute approximate surface area is 150 Å². The number of aromatic nitrogens is 1. The summed E-state index contributed by atoms with van der Waals surface area (Å²) in [5.74, 6) is -1.38. The first kappa shape index (κ1) is 16.1. The van der Waals surface area contributed by atoms with E-state index >= 15 is 0 Å². The normalized spacial score (nSPS) is 11.1. The summed E-state index contributed by atoms with van der Waals surface area (Å²) in [5.41, 5.74) is 2.91. The number of para-hydroxylation sites is 1. The van der Waals surface area contributed by atoms with Crippen molar-refractivity contribution in [3.63, 3.8) is 0 Å². The fourth-order valence-electron chi connectivity index (χ4n) is 3.56. The van der Waals surface area contributed by atoms with Crippen molar-refractivity contribution in [2.24, 2.45) is 0 Å². The lowest BCUT2D eigenvalue weighted by molar-refractivity contribution is 0.0693. The number of carbonyl (C=O) groups is 2. The number of carboxylic acid groups (broad SMARTS) is 1. The number of aromatic carboxylic acids is 1. The average molecular weight is 343 g/mol. The zero-order valence-corrected chi connectivity index (χ0v) is 14.3. The van der Waals surface area contributed by atoms with Gasteiger partial charge in [0.05, 0.1) is 5.56 Å². The van der Waals surface area contributed by atoms with Crippen molar-refractivity contribution in [1.82, 2.24) is 4.57 Å². The fourth-order valence-corrected chi connectivity index (χ4v) is 3.56. The van der Waals surface area contributed by atoms with Crippen molar-refractivity contribution in [2.75, 3.05) is 0 Å². The number of carboxylic acids is 1. The van der Waals surface area contributed by atoms with Crippen LogP contribution >= 0.6 is 0 Å². The lowest BCUT2D eigenvalue weighted by Crippen LogP contribution is -2.09. The van der Waals surface area contributed by atoms with E-state index < -0.39 is 5.97 Å². The zero-order valence-electron chi connectivity index (χ0n) is 14.3. The average Bonchev–Trinajstić information content (AvgIpc) is 3.00. The van der Waals surface area contributed by atoms with Crippen LogP contribution in [0.15, 0.2) is 66.7 Å². The van der Waals surface area contributed by atoms with E-state index in [1.54, 1.807) is 24.3 Å². The molecular formula is C22H17NO3. The first-order valence-corrected chi connectivity index (χ1v) is 8.50. The van der Waals surface area contributed by atoms with Crippen LogP contribution in [-0.4, -0.2) is 21.4 Å². The van der Waals surface area contributed by atoms with Crippen molar-refractivity contribution >= 4 is 33.6 Å². The molecule has 128 valence electrons. The molecule has 0 atom stereocenters. The second-order valence-electron chi connectivity index (χ2n) is 6.17. The summed E-state index contributed by atoms with van der Waals surface area (Å²) < 4.78 is 2.21. The Balaban J connectivity index is 1.93. The predicted molar refractivity (Wildman–Crippen MR) is 102 cm³/mol. The SMILES string of the molecule is CCn1c2ccccc2c2cc(C(=O)c3ccccc3C(=O)O)ccc21. The lowest BCUT2D eigenvalue weighted by atomic mass is 9.97. The molecule has 1 N–H and O–H groups in total. The largest absolute Gasteiger partial charge is 0.478 e. The molecule has 0 aliphatic carbocycles. The molecule has 0 spiro atoms. The molecule has 1 heterocycles. The van der Waals surface area contributed by atoms with Gasteiger partial charge in [0.25, 0.3) is 0 Å². The molecule has 0 saturated carbocycles. The summed E-state index contributed by atoms with van der Waals surface area (Å²) in [4.78, 5) is 24.4. The summed E-state index contributed by atoms with van der Waals surface area (Å²) in [7, 11) is 0. The Bertz CT molecular complexity index is 1170. The number of hydrogen-bond donors (Lipinski definition) is 1. The minimum absolute atomic E-state index is 0.0218. The second-order valence-corrected chi connectivity index (χ2v) is 6.17. The molecule has 0 fully saturated rings. The Kier molecular flexibility index (Phi) is 3.81. The second kappa shape index (κ2) is 6.15. The van der Waals surface area contributed by atoms with Crippen LogP contribution in [0.3, 0.4) is 0 Å². The van der Waals surface area contributed by atoms with Crippen LogP contribution in [0.5, 0.6) is 0 Å². The molecule has 3 aromatic carbocycles. The first-order chi connectivity index (χ1) is 12.6. The minimum atomic E-state index is -1.10. The van der Waals surface area contributed by atoms with E-state index in [9.17, 15) is 14.7 Å². The highest BCUT2D eigenvalue weighted by Crippen LogP contribution is 2.30. The lowest BCUT2D eigenvalue weighted by Gasteiger charge is -2.06. The predicted octanol–water partition coefficient (Wildman–Crippen LogP) is 4.74. The van der Waals surface area contributed by atoms with Crippen molar-refractivity contribution < 1.29 is 14.7 Å². The Hall–Kier alpha value is -3.40. The molecular weight excluding hydrogens is 326 g/mol. The minimum Gasteiger partial charge on any atom is -0.478 e. The summed E-state index contributed by atoms with van der Waals surface area (Å²) in [5, 5.41) is 11.4. The molecule has 0 aliphatic rings. The third-order valence-electron chi connectivity index (χ3n) is 4.75. The molecule has 0 aliphatic heterocycles. The number of carbonyl (C=O) groups excluding carboxylic acids is 1. The molecule has 0 bridgehead atoms. The molecule has 0 radical (unpaired) electrons. The molecule has 4 aromatic rings. The highest BCUT2D eigenvalue weighted by atomic mass is 16.4. The van der Waals surface area contributed by atoms with Crippen molar-refractivity contribution in [2.45, 2.75) is 13.5 Å².